The SMILES string of the molecule is CC(O)COc1ccccc1C(C)(C)c1ccccc1OCC(C)O. The van der Waals surface area contributed by atoms with Crippen molar-refractivity contribution in [2.75, 3.05) is 13.2 Å². The second kappa shape index (κ2) is 8.37. The van der Waals surface area contributed by atoms with Crippen molar-refractivity contribution < 1.29 is 19.7 Å². The van der Waals surface area contributed by atoms with E-state index in [2.05, 4.69) is 13.8 Å². The van der Waals surface area contributed by atoms with Crippen molar-refractivity contribution in [1.29, 1.82) is 0 Å². The maximum atomic E-state index is 9.52. The molecule has 0 fully saturated rings. The molecule has 0 aromatic heterocycles. The van der Waals surface area contributed by atoms with Crippen molar-refractivity contribution >= 4 is 0 Å². The van der Waals surface area contributed by atoms with Crippen LogP contribution in [0.3, 0.4) is 0 Å². The van der Waals surface area contributed by atoms with E-state index in [-0.39, 0.29) is 18.6 Å². The van der Waals surface area contributed by atoms with Gasteiger partial charge in [0.25, 0.3) is 0 Å². The van der Waals surface area contributed by atoms with Gasteiger partial charge in [-0.05, 0) is 26.0 Å². The van der Waals surface area contributed by atoms with Gasteiger partial charge in [-0.3, -0.25) is 0 Å². The van der Waals surface area contributed by atoms with Crippen LogP contribution in [0.4, 0.5) is 0 Å². The summed E-state index contributed by atoms with van der Waals surface area (Å²) in [6.07, 6.45) is -1.06. The molecule has 4 nitrogen and oxygen atoms in total. The van der Waals surface area contributed by atoms with Crippen molar-refractivity contribution in [3.8, 4) is 11.5 Å². The highest BCUT2D eigenvalue weighted by atomic mass is 16.5. The Morgan fingerprint density at radius 2 is 1.12 bits per heavy atom. The second-order valence-corrected chi connectivity index (χ2v) is 6.94. The van der Waals surface area contributed by atoms with E-state index in [4.69, 9.17) is 9.47 Å². The zero-order chi connectivity index (χ0) is 18.4. The highest BCUT2D eigenvalue weighted by Gasteiger charge is 2.29. The van der Waals surface area contributed by atoms with Gasteiger partial charge in [-0.25, -0.2) is 0 Å². The first-order valence-corrected chi connectivity index (χ1v) is 8.63. The predicted molar refractivity (Wildman–Crippen MR) is 99.4 cm³/mol. The lowest BCUT2D eigenvalue weighted by molar-refractivity contribution is 0.120. The monoisotopic (exact) mass is 344 g/mol. The normalized spacial score (nSPS) is 14.0. The first-order chi connectivity index (χ1) is 11.8. The molecule has 2 aromatic carbocycles. The fourth-order valence-corrected chi connectivity index (χ4v) is 2.78. The van der Waals surface area contributed by atoms with Crippen LogP contribution in [-0.2, 0) is 5.41 Å². The van der Waals surface area contributed by atoms with Crippen LogP contribution in [0.1, 0.15) is 38.8 Å². The van der Waals surface area contributed by atoms with Gasteiger partial charge in [-0.2, -0.15) is 0 Å². The van der Waals surface area contributed by atoms with Crippen LogP contribution in [0, 0.1) is 0 Å². The Morgan fingerprint density at radius 1 is 0.760 bits per heavy atom. The van der Waals surface area contributed by atoms with Gasteiger partial charge in [0.15, 0.2) is 0 Å². The maximum absolute atomic E-state index is 9.52. The molecule has 25 heavy (non-hydrogen) atoms. The molecular formula is C21H28O4. The standard InChI is InChI=1S/C21H28O4/c1-15(22)13-24-19-11-7-5-9-17(19)21(3,4)18-10-6-8-12-20(18)25-14-16(2)23/h5-12,15-16,22-23H,13-14H2,1-4H3. The molecule has 2 N–H and O–H groups in total. The first-order valence-electron chi connectivity index (χ1n) is 8.63. The third-order valence-electron chi connectivity index (χ3n) is 4.08. The zero-order valence-electron chi connectivity index (χ0n) is 15.4. The zero-order valence-corrected chi connectivity index (χ0v) is 15.4. The van der Waals surface area contributed by atoms with Crippen LogP contribution in [0.5, 0.6) is 11.5 Å². The topological polar surface area (TPSA) is 58.9 Å². The van der Waals surface area contributed by atoms with E-state index in [0.29, 0.717) is 0 Å². The molecule has 2 rings (SSSR count). The smallest absolute Gasteiger partial charge is 0.123 e. The lowest BCUT2D eigenvalue weighted by atomic mass is 9.77. The Kier molecular flexibility index (Phi) is 6.45. The van der Waals surface area contributed by atoms with Crippen LogP contribution >= 0.6 is 0 Å². The molecule has 2 aromatic rings. The van der Waals surface area contributed by atoms with E-state index in [0.717, 1.165) is 22.6 Å². The minimum Gasteiger partial charge on any atom is -0.491 e. The van der Waals surface area contributed by atoms with Gasteiger partial charge in [-0.15, -0.1) is 0 Å². The summed E-state index contributed by atoms with van der Waals surface area (Å²) in [6.45, 7) is 8.12. The molecule has 2 atom stereocenters. The van der Waals surface area contributed by atoms with Crippen molar-refractivity contribution in [3.05, 3.63) is 59.7 Å². The van der Waals surface area contributed by atoms with E-state index in [1.165, 1.54) is 0 Å². The van der Waals surface area contributed by atoms with Gasteiger partial charge in [0.2, 0.25) is 0 Å². The Hall–Kier alpha value is -2.04. The van der Waals surface area contributed by atoms with Crippen LogP contribution in [0.25, 0.3) is 0 Å². The maximum Gasteiger partial charge on any atom is 0.123 e. The third-order valence-corrected chi connectivity index (χ3v) is 4.08. The summed E-state index contributed by atoms with van der Waals surface area (Å²) in [4.78, 5) is 0. The number of para-hydroxylation sites is 2. The van der Waals surface area contributed by atoms with Crippen LogP contribution in [-0.4, -0.2) is 35.6 Å². The fraction of sp³-hybridized carbons (Fsp3) is 0.429. The summed E-state index contributed by atoms with van der Waals surface area (Å²) in [5, 5.41) is 19.0. The molecule has 136 valence electrons. The number of aliphatic hydroxyl groups excluding tert-OH is 2. The average Bonchev–Trinajstić information content (AvgIpc) is 2.58. The molecule has 0 bridgehead atoms. The fourth-order valence-electron chi connectivity index (χ4n) is 2.78. The summed E-state index contributed by atoms with van der Waals surface area (Å²) < 4.78 is 11.6. The highest BCUT2D eigenvalue weighted by molar-refractivity contribution is 5.50. The van der Waals surface area contributed by atoms with Crippen LogP contribution in [0.15, 0.2) is 48.5 Å². The summed E-state index contributed by atoms with van der Waals surface area (Å²) in [6, 6.07) is 15.7. The Labute approximate surface area is 150 Å². The van der Waals surface area contributed by atoms with Gasteiger partial charge in [0.05, 0.1) is 12.2 Å². The van der Waals surface area contributed by atoms with Crippen LogP contribution < -0.4 is 9.47 Å². The van der Waals surface area contributed by atoms with E-state index < -0.39 is 12.2 Å². The Bertz CT molecular complexity index is 620. The van der Waals surface area contributed by atoms with Gasteiger partial charge in [0.1, 0.15) is 24.7 Å². The molecule has 0 amide bonds. The molecule has 2 unspecified atom stereocenters. The van der Waals surface area contributed by atoms with Gasteiger partial charge < -0.3 is 19.7 Å². The predicted octanol–water partition coefficient (Wildman–Crippen LogP) is 3.53. The quantitative estimate of drug-likeness (QED) is 0.769. The van der Waals surface area contributed by atoms with Gasteiger partial charge >= 0.3 is 0 Å². The van der Waals surface area contributed by atoms with Crippen molar-refractivity contribution in [3.63, 3.8) is 0 Å². The largest absolute Gasteiger partial charge is 0.491 e. The summed E-state index contributed by atoms with van der Waals surface area (Å²) >= 11 is 0. The van der Waals surface area contributed by atoms with Crippen molar-refractivity contribution in [2.24, 2.45) is 0 Å². The number of hydrogen-bond acceptors (Lipinski definition) is 4. The summed E-state index contributed by atoms with van der Waals surface area (Å²) in [5.41, 5.74) is 1.66. The summed E-state index contributed by atoms with van der Waals surface area (Å²) in [5.74, 6) is 1.50. The molecule has 0 radical (unpaired) electrons. The molecule has 0 saturated carbocycles. The molecule has 0 spiro atoms. The first kappa shape index (κ1) is 19.3. The molecule has 0 aliphatic heterocycles. The lowest BCUT2D eigenvalue weighted by Crippen LogP contribution is -2.23. The molecule has 0 saturated heterocycles. The van der Waals surface area contributed by atoms with E-state index in [9.17, 15) is 10.2 Å². The minimum atomic E-state index is -0.530. The summed E-state index contributed by atoms with van der Waals surface area (Å²) in [7, 11) is 0. The van der Waals surface area contributed by atoms with Crippen molar-refractivity contribution in [2.45, 2.75) is 45.3 Å². The highest BCUT2D eigenvalue weighted by Crippen LogP contribution is 2.41. The number of hydrogen-bond donors (Lipinski definition) is 2. The van der Waals surface area contributed by atoms with Gasteiger partial charge in [-0.1, -0.05) is 50.2 Å². The lowest BCUT2D eigenvalue weighted by Gasteiger charge is -2.30. The minimum absolute atomic E-state index is 0.243. The van der Waals surface area contributed by atoms with E-state index in [1.807, 2.05) is 48.5 Å². The number of aliphatic hydroxyl groups is 2. The molecule has 0 aliphatic rings. The number of ether oxygens (including phenoxy) is 2. The number of rotatable bonds is 8. The van der Waals surface area contributed by atoms with Crippen molar-refractivity contribution in [1.82, 2.24) is 0 Å². The number of benzene rings is 2. The average molecular weight is 344 g/mol. The second-order valence-electron chi connectivity index (χ2n) is 6.94. The molecular weight excluding hydrogens is 316 g/mol. The Balaban J connectivity index is 2.39. The van der Waals surface area contributed by atoms with E-state index >= 15 is 0 Å². The Morgan fingerprint density at radius 3 is 1.48 bits per heavy atom. The molecule has 0 heterocycles. The van der Waals surface area contributed by atoms with Crippen LogP contribution in [0.2, 0.25) is 0 Å². The van der Waals surface area contributed by atoms with E-state index in [1.54, 1.807) is 13.8 Å². The molecule has 0 aliphatic carbocycles. The van der Waals surface area contributed by atoms with Gasteiger partial charge in [0, 0.05) is 16.5 Å². The third kappa shape index (κ3) is 4.97. The molecule has 4 heteroatoms.